The molecule has 1 heterocycles. The van der Waals surface area contributed by atoms with E-state index in [2.05, 4.69) is 4.98 Å². The van der Waals surface area contributed by atoms with Crippen LogP contribution >= 0.6 is 0 Å². The summed E-state index contributed by atoms with van der Waals surface area (Å²) in [6, 6.07) is 5.20. The molecule has 3 rings (SSSR count). The Morgan fingerprint density at radius 3 is 2.85 bits per heavy atom. The number of rotatable bonds is 5. The van der Waals surface area contributed by atoms with Crippen molar-refractivity contribution in [3.8, 4) is 0 Å². The molecule has 0 bridgehead atoms. The summed E-state index contributed by atoms with van der Waals surface area (Å²) in [5.74, 6) is 0.475. The number of benzene rings is 1. The van der Waals surface area contributed by atoms with Crippen molar-refractivity contribution in [2.75, 3.05) is 0 Å². The fourth-order valence-corrected chi connectivity index (χ4v) is 2.57. The second kappa shape index (κ2) is 4.90. The Labute approximate surface area is 116 Å². The van der Waals surface area contributed by atoms with Gasteiger partial charge in [-0.25, -0.2) is 9.78 Å². The third-order valence-corrected chi connectivity index (χ3v) is 3.74. The lowest BCUT2D eigenvalue weighted by Crippen LogP contribution is -2.11. The minimum absolute atomic E-state index is 0.285. The number of nitrogens with zero attached hydrogens (tertiary/aromatic N) is 2. The molecule has 106 valence electrons. The molecule has 0 radical (unpaired) electrons. The van der Waals surface area contributed by atoms with E-state index in [-0.39, 0.29) is 5.56 Å². The van der Waals surface area contributed by atoms with E-state index in [1.165, 1.54) is 0 Å². The molecule has 1 aliphatic carbocycles. The second-order valence-corrected chi connectivity index (χ2v) is 5.51. The van der Waals surface area contributed by atoms with Crippen molar-refractivity contribution < 1.29 is 15.0 Å². The zero-order chi connectivity index (χ0) is 14.3. The number of imidazole rings is 1. The highest BCUT2D eigenvalue weighted by molar-refractivity contribution is 6.01. The van der Waals surface area contributed by atoms with E-state index >= 15 is 0 Å². The van der Waals surface area contributed by atoms with Gasteiger partial charge in [0.05, 0.1) is 22.7 Å². The van der Waals surface area contributed by atoms with Crippen molar-refractivity contribution in [1.29, 1.82) is 0 Å². The van der Waals surface area contributed by atoms with Crippen LogP contribution in [0.15, 0.2) is 18.2 Å². The summed E-state index contributed by atoms with van der Waals surface area (Å²) in [5, 5.41) is 18.9. The van der Waals surface area contributed by atoms with Gasteiger partial charge in [-0.1, -0.05) is 6.07 Å². The van der Waals surface area contributed by atoms with Gasteiger partial charge in [-0.2, -0.15) is 0 Å². The molecule has 1 aromatic carbocycles. The Bertz CT molecular complexity index is 656. The molecule has 2 N–H and O–H groups in total. The molecule has 20 heavy (non-hydrogen) atoms. The smallest absolute Gasteiger partial charge is 0.337 e. The van der Waals surface area contributed by atoms with Crippen LogP contribution in [-0.4, -0.2) is 31.8 Å². The molecule has 1 fully saturated rings. The summed E-state index contributed by atoms with van der Waals surface area (Å²) < 4.78 is 1.99. The fraction of sp³-hybridized carbons (Fsp3) is 0.467. The first-order valence-electron chi connectivity index (χ1n) is 6.98. The number of aliphatic hydroxyl groups excluding tert-OH is 1. The number of aliphatic hydroxyl groups is 1. The topological polar surface area (TPSA) is 75.3 Å². The van der Waals surface area contributed by atoms with E-state index in [0.717, 1.165) is 24.2 Å². The summed E-state index contributed by atoms with van der Waals surface area (Å²) in [5.41, 5.74) is 1.70. The Balaban J connectivity index is 2.15. The second-order valence-electron chi connectivity index (χ2n) is 5.51. The van der Waals surface area contributed by atoms with Gasteiger partial charge in [-0.05, 0) is 38.3 Å². The number of fused-ring (bicyclic) bond motifs is 1. The highest BCUT2D eigenvalue weighted by Gasteiger charge is 2.30. The van der Waals surface area contributed by atoms with E-state index in [1.807, 2.05) is 10.6 Å². The average Bonchev–Trinajstić information content (AvgIpc) is 3.17. The average molecular weight is 274 g/mol. The minimum Gasteiger partial charge on any atom is -0.478 e. The van der Waals surface area contributed by atoms with E-state index in [1.54, 1.807) is 19.1 Å². The third-order valence-electron chi connectivity index (χ3n) is 3.74. The molecule has 5 nitrogen and oxygen atoms in total. The van der Waals surface area contributed by atoms with Crippen molar-refractivity contribution >= 4 is 17.0 Å². The molecular formula is C15H18N2O3. The molecule has 0 spiro atoms. The highest BCUT2D eigenvalue weighted by Crippen LogP contribution is 2.41. The molecule has 5 heteroatoms. The van der Waals surface area contributed by atoms with Crippen molar-refractivity contribution in [3.63, 3.8) is 0 Å². The lowest BCUT2D eigenvalue weighted by molar-refractivity contribution is 0.0698. The maximum atomic E-state index is 11.4. The van der Waals surface area contributed by atoms with Crippen LogP contribution in [0.1, 0.15) is 48.3 Å². The number of aryl methyl sites for hydroxylation is 1. The zero-order valence-electron chi connectivity index (χ0n) is 11.4. The summed E-state index contributed by atoms with van der Waals surface area (Å²) in [4.78, 5) is 16.0. The lowest BCUT2D eigenvalue weighted by Gasteiger charge is -2.11. The van der Waals surface area contributed by atoms with E-state index in [0.29, 0.717) is 24.4 Å². The van der Waals surface area contributed by atoms with E-state index in [4.69, 9.17) is 0 Å². The SMILES string of the molecule is CC(O)CCn1c(C2CC2)nc2cccc(C(=O)O)c21. The van der Waals surface area contributed by atoms with Gasteiger partial charge in [-0.15, -0.1) is 0 Å². The van der Waals surface area contributed by atoms with Crippen LogP contribution in [0.25, 0.3) is 11.0 Å². The monoisotopic (exact) mass is 274 g/mol. The molecule has 1 aliphatic rings. The lowest BCUT2D eigenvalue weighted by atomic mass is 10.1. The summed E-state index contributed by atoms with van der Waals surface area (Å²) >= 11 is 0. The van der Waals surface area contributed by atoms with E-state index in [9.17, 15) is 15.0 Å². The summed E-state index contributed by atoms with van der Waals surface area (Å²) in [6.45, 7) is 2.35. The quantitative estimate of drug-likeness (QED) is 0.877. The van der Waals surface area contributed by atoms with Gasteiger partial charge >= 0.3 is 5.97 Å². The minimum atomic E-state index is -0.934. The number of hydrogen-bond donors (Lipinski definition) is 2. The molecule has 0 amide bonds. The van der Waals surface area contributed by atoms with Crippen LogP contribution in [0.5, 0.6) is 0 Å². The van der Waals surface area contributed by atoms with Crippen molar-refractivity contribution in [2.24, 2.45) is 0 Å². The molecule has 2 aromatic rings. The van der Waals surface area contributed by atoms with Crippen LogP contribution in [0, 0.1) is 0 Å². The van der Waals surface area contributed by atoms with Crippen LogP contribution in [0.3, 0.4) is 0 Å². The highest BCUT2D eigenvalue weighted by atomic mass is 16.4. The molecule has 1 unspecified atom stereocenters. The van der Waals surface area contributed by atoms with Crippen LogP contribution in [-0.2, 0) is 6.54 Å². The molecule has 1 atom stereocenters. The van der Waals surface area contributed by atoms with Crippen LogP contribution in [0.2, 0.25) is 0 Å². The maximum Gasteiger partial charge on any atom is 0.337 e. The zero-order valence-corrected chi connectivity index (χ0v) is 11.4. The Kier molecular flexibility index (Phi) is 3.22. The van der Waals surface area contributed by atoms with Gasteiger partial charge in [0.25, 0.3) is 0 Å². The number of hydrogen-bond acceptors (Lipinski definition) is 3. The number of carboxylic acids is 1. The number of aromatic carboxylic acids is 1. The molecule has 0 saturated heterocycles. The van der Waals surface area contributed by atoms with Gasteiger partial charge in [0.2, 0.25) is 0 Å². The van der Waals surface area contributed by atoms with Gasteiger partial charge in [0.15, 0.2) is 0 Å². The van der Waals surface area contributed by atoms with Crippen molar-refractivity contribution in [1.82, 2.24) is 9.55 Å². The molecular weight excluding hydrogens is 256 g/mol. The molecule has 1 aromatic heterocycles. The van der Waals surface area contributed by atoms with Gasteiger partial charge in [-0.3, -0.25) is 0 Å². The summed E-state index contributed by atoms with van der Waals surface area (Å²) in [7, 11) is 0. The first-order chi connectivity index (χ1) is 9.58. The Hall–Kier alpha value is -1.88. The number of carbonyl (C=O) groups is 1. The van der Waals surface area contributed by atoms with Crippen molar-refractivity contribution in [3.05, 3.63) is 29.6 Å². The Morgan fingerprint density at radius 1 is 1.50 bits per heavy atom. The molecule has 1 saturated carbocycles. The predicted molar refractivity (Wildman–Crippen MR) is 75.0 cm³/mol. The van der Waals surface area contributed by atoms with Crippen LogP contribution < -0.4 is 0 Å². The van der Waals surface area contributed by atoms with Gasteiger partial charge in [0, 0.05) is 12.5 Å². The fourth-order valence-electron chi connectivity index (χ4n) is 2.57. The summed E-state index contributed by atoms with van der Waals surface area (Å²) in [6.07, 6.45) is 2.41. The standard InChI is InChI=1S/C15H18N2O3/c1-9(18)7-8-17-13-11(15(19)20)3-2-4-12(13)16-14(17)10-5-6-10/h2-4,9-10,18H,5-8H2,1H3,(H,19,20). The van der Waals surface area contributed by atoms with E-state index < -0.39 is 12.1 Å². The third kappa shape index (κ3) is 2.29. The number of carboxylic acid groups (broad SMARTS) is 1. The normalized spacial score (nSPS) is 16.5. The maximum absolute atomic E-state index is 11.4. The first-order valence-corrected chi connectivity index (χ1v) is 6.98. The van der Waals surface area contributed by atoms with Crippen LogP contribution in [0.4, 0.5) is 0 Å². The number of para-hydroxylation sites is 1. The number of aromatic nitrogens is 2. The predicted octanol–water partition coefficient (Wildman–Crippen LogP) is 2.38. The first kappa shape index (κ1) is 13.1. The Morgan fingerprint density at radius 2 is 2.25 bits per heavy atom. The van der Waals surface area contributed by atoms with Gasteiger partial charge < -0.3 is 14.8 Å². The van der Waals surface area contributed by atoms with Gasteiger partial charge in [0.1, 0.15) is 5.82 Å². The largest absolute Gasteiger partial charge is 0.478 e. The van der Waals surface area contributed by atoms with Crippen molar-refractivity contribution in [2.45, 2.75) is 44.8 Å². The molecule has 0 aliphatic heterocycles.